The molecule has 5 heteroatoms. The molecule has 0 atom stereocenters. The predicted molar refractivity (Wildman–Crippen MR) is 71.7 cm³/mol. The molecule has 1 heterocycles. The number of halogens is 1. The van der Waals surface area contributed by atoms with E-state index in [0.29, 0.717) is 10.7 Å². The average molecular weight is 263 g/mol. The smallest absolute Gasteiger partial charge is 0.231 e. The quantitative estimate of drug-likeness (QED) is 0.815. The molecule has 4 nitrogen and oxygen atoms in total. The number of fused-ring (bicyclic) bond motifs is 1. The minimum Gasteiger partial charge on any atom is -0.454 e. The maximum Gasteiger partial charge on any atom is 0.231 e. The summed E-state index contributed by atoms with van der Waals surface area (Å²) in [6, 6.07) is 10.9. The van der Waals surface area contributed by atoms with Crippen LogP contribution >= 0.6 is 11.6 Å². The molecule has 0 unspecified atom stereocenters. The topological polar surface area (TPSA) is 56.5 Å². The van der Waals surface area contributed by atoms with Gasteiger partial charge in [0.25, 0.3) is 0 Å². The Labute approximate surface area is 109 Å². The highest BCUT2D eigenvalue weighted by Gasteiger charge is 2.13. The van der Waals surface area contributed by atoms with E-state index in [0.717, 1.165) is 22.9 Å². The third-order valence-corrected chi connectivity index (χ3v) is 2.90. The van der Waals surface area contributed by atoms with Crippen molar-refractivity contribution < 1.29 is 9.47 Å². The van der Waals surface area contributed by atoms with Crippen molar-refractivity contribution in [1.29, 1.82) is 0 Å². The van der Waals surface area contributed by atoms with E-state index in [1.54, 1.807) is 18.2 Å². The molecule has 3 rings (SSSR count). The van der Waals surface area contributed by atoms with Crippen LogP contribution in [0.3, 0.4) is 0 Å². The summed E-state index contributed by atoms with van der Waals surface area (Å²) in [4.78, 5) is 0. The number of nitrogen functional groups attached to an aromatic ring is 1. The van der Waals surface area contributed by atoms with Crippen LogP contribution in [0, 0.1) is 0 Å². The van der Waals surface area contributed by atoms with Gasteiger partial charge < -0.3 is 20.5 Å². The Balaban J connectivity index is 1.90. The third-order valence-electron chi connectivity index (χ3n) is 2.67. The summed E-state index contributed by atoms with van der Waals surface area (Å²) in [6.45, 7) is 0.262. The Hall–Kier alpha value is -2.07. The minimum absolute atomic E-state index is 0.262. The highest BCUT2D eigenvalue weighted by atomic mass is 35.5. The molecule has 0 radical (unpaired) electrons. The summed E-state index contributed by atoms with van der Waals surface area (Å²) in [5, 5.41) is 3.83. The van der Waals surface area contributed by atoms with Crippen molar-refractivity contribution in [1.82, 2.24) is 0 Å². The molecule has 1 aliphatic rings. The first-order chi connectivity index (χ1) is 8.72. The Morgan fingerprint density at radius 1 is 1.06 bits per heavy atom. The number of rotatable bonds is 2. The van der Waals surface area contributed by atoms with Gasteiger partial charge in [-0.3, -0.25) is 0 Å². The molecular weight excluding hydrogens is 252 g/mol. The minimum atomic E-state index is 0.262. The van der Waals surface area contributed by atoms with Crippen LogP contribution in [0.4, 0.5) is 17.1 Å². The molecule has 0 amide bonds. The van der Waals surface area contributed by atoms with E-state index in [4.69, 9.17) is 26.8 Å². The second kappa shape index (κ2) is 4.31. The van der Waals surface area contributed by atoms with E-state index in [2.05, 4.69) is 5.32 Å². The zero-order chi connectivity index (χ0) is 12.5. The van der Waals surface area contributed by atoms with Crippen molar-refractivity contribution in [2.24, 2.45) is 0 Å². The number of ether oxygens (including phenoxy) is 2. The monoisotopic (exact) mass is 262 g/mol. The Morgan fingerprint density at radius 2 is 1.89 bits per heavy atom. The predicted octanol–water partition coefficient (Wildman–Crippen LogP) is 3.39. The van der Waals surface area contributed by atoms with Crippen molar-refractivity contribution >= 4 is 28.7 Å². The lowest BCUT2D eigenvalue weighted by molar-refractivity contribution is 0.174. The number of benzene rings is 2. The Kier molecular flexibility index (Phi) is 2.64. The zero-order valence-corrected chi connectivity index (χ0v) is 10.2. The van der Waals surface area contributed by atoms with Crippen LogP contribution in [0.2, 0.25) is 5.02 Å². The highest BCUT2D eigenvalue weighted by molar-refractivity contribution is 6.31. The molecule has 0 saturated heterocycles. The van der Waals surface area contributed by atoms with Gasteiger partial charge in [0, 0.05) is 16.8 Å². The molecule has 2 aromatic rings. The van der Waals surface area contributed by atoms with Gasteiger partial charge in [-0.15, -0.1) is 0 Å². The van der Waals surface area contributed by atoms with Gasteiger partial charge in [0.1, 0.15) is 0 Å². The normalized spacial score (nSPS) is 12.5. The van der Waals surface area contributed by atoms with E-state index < -0.39 is 0 Å². The Bertz CT molecular complexity index is 602. The first kappa shape index (κ1) is 11.0. The average Bonchev–Trinajstić information content (AvgIpc) is 2.81. The first-order valence-electron chi connectivity index (χ1n) is 5.44. The summed E-state index contributed by atoms with van der Waals surface area (Å²) in [5.41, 5.74) is 8.14. The first-order valence-corrected chi connectivity index (χ1v) is 5.82. The second-order valence-corrected chi connectivity index (χ2v) is 4.36. The standard InChI is InChI=1S/C13H11ClN2O2/c14-8-1-3-10(15)11(5-8)16-9-2-4-12-13(6-9)18-7-17-12/h1-6,16H,7,15H2. The van der Waals surface area contributed by atoms with E-state index in [1.165, 1.54) is 0 Å². The van der Waals surface area contributed by atoms with Gasteiger partial charge in [-0.2, -0.15) is 0 Å². The molecule has 3 N–H and O–H groups in total. The summed E-state index contributed by atoms with van der Waals surface area (Å²) >= 11 is 5.94. The van der Waals surface area contributed by atoms with Crippen LogP contribution in [-0.4, -0.2) is 6.79 Å². The number of nitrogens with one attached hydrogen (secondary N) is 1. The molecule has 0 saturated carbocycles. The van der Waals surface area contributed by atoms with E-state index in [-0.39, 0.29) is 6.79 Å². The molecule has 0 spiro atoms. The van der Waals surface area contributed by atoms with Gasteiger partial charge in [-0.1, -0.05) is 11.6 Å². The molecule has 0 aromatic heterocycles. The largest absolute Gasteiger partial charge is 0.454 e. The number of nitrogens with two attached hydrogens (primary N) is 1. The van der Waals surface area contributed by atoms with Gasteiger partial charge in [0.15, 0.2) is 11.5 Å². The van der Waals surface area contributed by atoms with Crippen LogP contribution in [0.15, 0.2) is 36.4 Å². The van der Waals surface area contributed by atoms with Crippen molar-refractivity contribution in [2.45, 2.75) is 0 Å². The second-order valence-electron chi connectivity index (χ2n) is 3.92. The lowest BCUT2D eigenvalue weighted by atomic mass is 10.2. The molecule has 18 heavy (non-hydrogen) atoms. The van der Waals surface area contributed by atoms with Crippen LogP contribution in [0.25, 0.3) is 0 Å². The van der Waals surface area contributed by atoms with Gasteiger partial charge in [0.2, 0.25) is 6.79 Å². The van der Waals surface area contributed by atoms with Gasteiger partial charge in [-0.05, 0) is 30.3 Å². The van der Waals surface area contributed by atoms with E-state index >= 15 is 0 Å². The van der Waals surface area contributed by atoms with Gasteiger partial charge in [-0.25, -0.2) is 0 Å². The summed E-state index contributed by atoms with van der Waals surface area (Å²) in [6.07, 6.45) is 0. The number of anilines is 3. The van der Waals surface area contributed by atoms with Crippen molar-refractivity contribution in [3.63, 3.8) is 0 Å². The lowest BCUT2D eigenvalue weighted by Gasteiger charge is -2.10. The van der Waals surface area contributed by atoms with E-state index in [9.17, 15) is 0 Å². The maximum absolute atomic E-state index is 5.94. The van der Waals surface area contributed by atoms with Gasteiger partial charge in [0.05, 0.1) is 11.4 Å². The van der Waals surface area contributed by atoms with Crippen LogP contribution in [-0.2, 0) is 0 Å². The summed E-state index contributed by atoms with van der Waals surface area (Å²) < 4.78 is 10.6. The van der Waals surface area contributed by atoms with Crippen molar-refractivity contribution in [3.8, 4) is 11.5 Å². The fraction of sp³-hybridized carbons (Fsp3) is 0.0769. The van der Waals surface area contributed by atoms with Crippen molar-refractivity contribution in [2.75, 3.05) is 17.8 Å². The molecule has 92 valence electrons. The Morgan fingerprint density at radius 3 is 2.78 bits per heavy atom. The fourth-order valence-corrected chi connectivity index (χ4v) is 1.94. The van der Waals surface area contributed by atoms with Crippen LogP contribution in [0.5, 0.6) is 11.5 Å². The fourth-order valence-electron chi connectivity index (χ4n) is 1.77. The van der Waals surface area contributed by atoms with Crippen LogP contribution in [0.1, 0.15) is 0 Å². The highest BCUT2D eigenvalue weighted by Crippen LogP contribution is 2.36. The van der Waals surface area contributed by atoms with E-state index in [1.807, 2.05) is 18.2 Å². The summed E-state index contributed by atoms with van der Waals surface area (Å²) in [5.74, 6) is 1.47. The number of hydrogen-bond acceptors (Lipinski definition) is 4. The lowest BCUT2D eigenvalue weighted by Crippen LogP contribution is -1.96. The van der Waals surface area contributed by atoms with Crippen molar-refractivity contribution in [3.05, 3.63) is 41.4 Å². The molecular formula is C13H11ClN2O2. The number of hydrogen-bond donors (Lipinski definition) is 2. The maximum atomic E-state index is 5.94. The zero-order valence-electron chi connectivity index (χ0n) is 9.44. The molecule has 0 fully saturated rings. The summed E-state index contributed by atoms with van der Waals surface area (Å²) in [7, 11) is 0. The molecule has 0 bridgehead atoms. The SMILES string of the molecule is Nc1ccc(Cl)cc1Nc1ccc2c(c1)OCO2. The molecule has 0 aliphatic carbocycles. The molecule has 1 aliphatic heterocycles. The molecule has 2 aromatic carbocycles. The van der Waals surface area contributed by atoms with Crippen LogP contribution < -0.4 is 20.5 Å². The third kappa shape index (κ3) is 2.02. The van der Waals surface area contributed by atoms with Gasteiger partial charge >= 0.3 is 0 Å².